The molecule has 0 spiro atoms. The molecule has 4 heteroatoms. The zero-order valence-electron chi connectivity index (χ0n) is 11.4. The number of rotatable bonds is 7. The van der Waals surface area contributed by atoms with Gasteiger partial charge in [-0.25, -0.2) is 0 Å². The van der Waals surface area contributed by atoms with Crippen molar-refractivity contribution in [3.05, 3.63) is 0 Å². The highest BCUT2D eigenvalue weighted by Crippen LogP contribution is 2.20. The van der Waals surface area contributed by atoms with Gasteiger partial charge in [-0.1, -0.05) is 12.8 Å². The Hall–Kier alpha value is -0.610. The Bertz CT molecular complexity index is 225. The van der Waals surface area contributed by atoms with Gasteiger partial charge in [-0.15, -0.1) is 0 Å². The molecule has 0 radical (unpaired) electrons. The normalized spacial score (nSPS) is 16.7. The van der Waals surface area contributed by atoms with Crippen LogP contribution in [0.1, 0.15) is 39.5 Å². The summed E-state index contributed by atoms with van der Waals surface area (Å²) in [5.41, 5.74) is 0. The summed E-state index contributed by atoms with van der Waals surface area (Å²) in [6, 6.07) is 0.263. The minimum Gasteiger partial charge on any atom is -0.377 e. The number of carbonyl (C=O) groups excluding carboxylic acids is 1. The van der Waals surface area contributed by atoms with Crippen LogP contribution in [0.25, 0.3) is 0 Å². The van der Waals surface area contributed by atoms with Crippen LogP contribution in [0, 0.1) is 0 Å². The Morgan fingerprint density at radius 3 is 2.65 bits per heavy atom. The highest BCUT2D eigenvalue weighted by atomic mass is 16.5. The largest absolute Gasteiger partial charge is 0.377 e. The van der Waals surface area contributed by atoms with Crippen LogP contribution in [0.2, 0.25) is 0 Å². The van der Waals surface area contributed by atoms with E-state index in [1.54, 1.807) is 4.90 Å². The van der Waals surface area contributed by atoms with Crippen molar-refractivity contribution in [2.24, 2.45) is 0 Å². The van der Waals surface area contributed by atoms with Crippen LogP contribution in [-0.4, -0.2) is 49.7 Å². The fourth-order valence-corrected chi connectivity index (χ4v) is 1.96. The first kappa shape index (κ1) is 14.5. The van der Waals surface area contributed by atoms with Crippen molar-refractivity contribution in [2.45, 2.75) is 51.7 Å². The molecule has 1 rings (SSSR count). The van der Waals surface area contributed by atoms with Crippen LogP contribution in [0.4, 0.5) is 0 Å². The molecule has 0 saturated heterocycles. The van der Waals surface area contributed by atoms with E-state index >= 15 is 0 Å². The molecule has 0 aromatic carbocycles. The van der Waals surface area contributed by atoms with E-state index in [2.05, 4.69) is 5.32 Å². The Morgan fingerprint density at radius 2 is 2.06 bits per heavy atom. The zero-order chi connectivity index (χ0) is 12.7. The summed E-state index contributed by atoms with van der Waals surface area (Å²) in [6.07, 6.45) is 5.47. The van der Waals surface area contributed by atoms with E-state index in [1.165, 1.54) is 25.7 Å². The number of hydrogen-bond acceptors (Lipinski definition) is 3. The van der Waals surface area contributed by atoms with E-state index in [0.29, 0.717) is 19.3 Å². The third-order valence-corrected chi connectivity index (χ3v) is 3.38. The lowest BCUT2D eigenvalue weighted by Gasteiger charge is -2.21. The third-order valence-electron chi connectivity index (χ3n) is 3.38. The van der Waals surface area contributed by atoms with E-state index in [9.17, 15) is 4.79 Å². The molecule has 1 saturated carbocycles. The van der Waals surface area contributed by atoms with Crippen LogP contribution in [-0.2, 0) is 9.53 Å². The summed E-state index contributed by atoms with van der Waals surface area (Å²) in [6.45, 7) is 5.91. The summed E-state index contributed by atoms with van der Waals surface area (Å²) in [5.74, 6) is 0.140. The van der Waals surface area contributed by atoms with E-state index in [0.717, 1.165) is 6.54 Å². The van der Waals surface area contributed by atoms with E-state index in [1.807, 2.05) is 20.9 Å². The van der Waals surface area contributed by atoms with Gasteiger partial charge < -0.3 is 15.0 Å². The lowest BCUT2D eigenvalue weighted by atomic mass is 10.3. The SMILES string of the molecule is CC(C)N(C)C(=O)CNCCOC1CCCC1. The predicted octanol–water partition coefficient (Wildman–Crippen LogP) is 1.40. The molecule has 1 N–H and O–H groups in total. The Balaban J connectivity index is 1.98. The zero-order valence-corrected chi connectivity index (χ0v) is 11.4. The number of ether oxygens (including phenoxy) is 1. The molecule has 1 amide bonds. The molecule has 0 heterocycles. The molecular formula is C13H26N2O2. The smallest absolute Gasteiger partial charge is 0.236 e. The minimum absolute atomic E-state index is 0.140. The first-order valence-corrected chi connectivity index (χ1v) is 6.69. The van der Waals surface area contributed by atoms with E-state index in [4.69, 9.17) is 4.74 Å². The maximum atomic E-state index is 11.6. The first-order chi connectivity index (χ1) is 8.11. The van der Waals surface area contributed by atoms with Crippen molar-refractivity contribution in [2.75, 3.05) is 26.7 Å². The highest BCUT2D eigenvalue weighted by Gasteiger charge is 2.15. The molecule has 0 aromatic rings. The second-order valence-electron chi connectivity index (χ2n) is 5.05. The number of nitrogens with zero attached hydrogens (tertiary/aromatic N) is 1. The van der Waals surface area contributed by atoms with Gasteiger partial charge in [0.15, 0.2) is 0 Å². The second-order valence-corrected chi connectivity index (χ2v) is 5.05. The summed E-state index contributed by atoms with van der Waals surface area (Å²) in [4.78, 5) is 13.4. The highest BCUT2D eigenvalue weighted by molar-refractivity contribution is 5.78. The first-order valence-electron chi connectivity index (χ1n) is 6.69. The molecule has 17 heavy (non-hydrogen) atoms. The van der Waals surface area contributed by atoms with Crippen molar-refractivity contribution in [1.82, 2.24) is 10.2 Å². The van der Waals surface area contributed by atoms with Crippen molar-refractivity contribution in [1.29, 1.82) is 0 Å². The summed E-state index contributed by atoms with van der Waals surface area (Å²) < 4.78 is 5.71. The average molecular weight is 242 g/mol. The van der Waals surface area contributed by atoms with Crippen LogP contribution in [0.3, 0.4) is 0 Å². The molecule has 1 fully saturated rings. The van der Waals surface area contributed by atoms with E-state index < -0.39 is 0 Å². The van der Waals surface area contributed by atoms with Gasteiger partial charge in [-0.2, -0.15) is 0 Å². The van der Waals surface area contributed by atoms with Crippen molar-refractivity contribution in [3.63, 3.8) is 0 Å². The molecule has 0 aromatic heterocycles. The minimum atomic E-state index is 0.140. The van der Waals surface area contributed by atoms with Crippen molar-refractivity contribution >= 4 is 5.91 Å². The van der Waals surface area contributed by atoms with Crippen LogP contribution >= 0.6 is 0 Å². The molecular weight excluding hydrogens is 216 g/mol. The molecule has 0 unspecified atom stereocenters. The van der Waals surface area contributed by atoms with Crippen LogP contribution in [0.15, 0.2) is 0 Å². The van der Waals surface area contributed by atoms with Gasteiger partial charge in [-0.05, 0) is 26.7 Å². The monoisotopic (exact) mass is 242 g/mol. The number of carbonyl (C=O) groups is 1. The standard InChI is InChI=1S/C13H26N2O2/c1-11(2)15(3)13(16)10-14-8-9-17-12-6-4-5-7-12/h11-12,14H,4-10H2,1-3H3. The maximum Gasteiger partial charge on any atom is 0.236 e. The molecule has 0 aliphatic heterocycles. The second kappa shape index (κ2) is 7.67. The number of likely N-dealkylation sites (N-methyl/N-ethyl adjacent to an activating group) is 1. The van der Waals surface area contributed by atoms with Gasteiger partial charge in [0, 0.05) is 19.6 Å². The summed E-state index contributed by atoms with van der Waals surface area (Å²) >= 11 is 0. The maximum absolute atomic E-state index is 11.6. The van der Waals surface area contributed by atoms with Gasteiger partial charge in [0.2, 0.25) is 5.91 Å². The fourth-order valence-electron chi connectivity index (χ4n) is 1.96. The lowest BCUT2D eigenvalue weighted by Crippen LogP contribution is -2.40. The summed E-state index contributed by atoms with van der Waals surface area (Å²) in [5, 5.41) is 3.13. The Morgan fingerprint density at radius 1 is 1.41 bits per heavy atom. The van der Waals surface area contributed by atoms with E-state index in [-0.39, 0.29) is 11.9 Å². The molecule has 0 atom stereocenters. The van der Waals surface area contributed by atoms with Gasteiger partial charge in [0.05, 0.1) is 19.3 Å². The van der Waals surface area contributed by atoms with Crippen LogP contribution < -0.4 is 5.32 Å². The Labute approximate surface area is 105 Å². The van der Waals surface area contributed by atoms with Gasteiger partial charge in [-0.3, -0.25) is 4.79 Å². The summed E-state index contributed by atoms with van der Waals surface area (Å²) in [7, 11) is 1.84. The molecule has 1 aliphatic carbocycles. The topological polar surface area (TPSA) is 41.6 Å². The molecule has 1 aliphatic rings. The molecule has 100 valence electrons. The van der Waals surface area contributed by atoms with Gasteiger partial charge >= 0.3 is 0 Å². The number of nitrogens with one attached hydrogen (secondary N) is 1. The van der Waals surface area contributed by atoms with Crippen molar-refractivity contribution in [3.8, 4) is 0 Å². The Kier molecular flexibility index (Phi) is 6.52. The number of hydrogen-bond donors (Lipinski definition) is 1. The quantitative estimate of drug-likeness (QED) is 0.686. The molecule has 4 nitrogen and oxygen atoms in total. The third kappa shape index (κ3) is 5.50. The van der Waals surface area contributed by atoms with Gasteiger partial charge in [0.1, 0.15) is 0 Å². The molecule has 0 bridgehead atoms. The average Bonchev–Trinajstić information content (AvgIpc) is 2.80. The van der Waals surface area contributed by atoms with Crippen LogP contribution in [0.5, 0.6) is 0 Å². The lowest BCUT2D eigenvalue weighted by molar-refractivity contribution is -0.130. The van der Waals surface area contributed by atoms with Crippen molar-refractivity contribution < 1.29 is 9.53 Å². The fraction of sp³-hybridized carbons (Fsp3) is 0.923. The van der Waals surface area contributed by atoms with Gasteiger partial charge in [0.25, 0.3) is 0 Å². The predicted molar refractivity (Wildman–Crippen MR) is 69.0 cm³/mol. The number of amides is 1.